The molecule has 0 radical (unpaired) electrons. The molecule has 21 heavy (non-hydrogen) atoms. The third-order valence-electron chi connectivity index (χ3n) is 4.80. The monoisotopic (exact) mass is 291 g/mol. The highest BCUT2D eigenvalue weighted by molar-refractivity contribution is 5.29. The van der Waals surface area contributed by atoms with E-state index >= 15 is 0 Å². The van der Waals surface area contributed by atoms with Gasteiger partial charge in [0.1, 0.15) is 5.75 Å². The average Bonchev–Trinajstić information content (AvgIpc) is 2.53. The molecule has 1 saturated heterocycles. The maximum atomic E-state index is 5.88. The summed E-state index contributed by atoms with van der Waals surface area (Å²) in [4.78, 5) is 2.57. The lowest BCUT2D eigenvalue weighted by Gasteiger charge is -2.45. The van der Waals surface area contributed by atoms with Crippen molar-refractivity contribution in [1.29, 1.82) is 0 Å². The van der Waals surface area contributed by atoms with Gasteiger partial charge in [-0.3, -0.25) is 16.2 Å². The first-order valence-corrected chi connectivity index (χ1v) is 7.92. The summed E-state index contributed by atoms with van der Waals surface area (Å²) in [5, 5.41) is 0. The number of rotatable bonds is 6. The van der Waals surface area contributed by atoms with E-state index in [-0.39, 0.29) is 11.6 Å². The molecule has 2 rings (SSSR count). The molecular weight excluding hydrogens is 262 g/mol. The molecule has 0 aromatic heterocycles. The minimum atomic E-state index is 0.0399. The lowest BCUT2D eigenvalue weighted by molar-refractivity contribution is 0.0611. The van der Waals surface area contributed by atoms with E-state index in [9.17, 15) is 0 Å². The number of piperidine rings is 1. The lowest BCUT2D eigenvalue weighted by atomic mass is 9.86. The molecule has 1 atom stereocenters. The Morgan fingerprint density at radius 2 is 2.00 bits per heavy atom. The summed E-state index contributed by atoms with van der Waals surface area (Å²) >= 11 is 0. The molecule has 1 fully saturated rings. The van der Waals surface area contributed by atoms with Crippen molar-refractivity contribution in [3.05, 3.63) is 29.8 Å². The number of methoxy groups -OCH3 is 1. The van der Waals surface area contributed by atoms with Crippen molar-refractivity contribution in [1.82, 2.24) is 10.3 Å². The molecule has 0 aliphatic carbocycles. The van der Waals surface area contributed by atoms with Crippen LogP contribution in [0, 0.1) is 0 Å². The second kappa shape index (κ2) is 7.25. The van der Waals surface area contributed by atoms with Gasteiger partial charge in [0, 0.05) is 11.6 Å². The van der Waals surface area contributed by atoms with E-state index in [0.717, 1.165) is 12.2 Å². The fraction of sp³-hybridized carbons (Fsp3) is 0.647. The number of hydrogen-bond donors (Lipinski definition) is 2. The van der Waals surface area contributed by atoms with Gasteiger partial charge in [-0.1, -0.05) is 18.6 Å². The van der Waals surface area contributed by atoms with Crippen LogP contribution in [0.1, 0.15) is 38.7 Å². The summed E-state index contributed by atoms with van der Waals surface area (Å²) in [7, 11) is 1.70. The first kappa shape index (κ1) is 16.3. The SMILES string of the molecule is COc1cccc(CC(NN)C(C)(C)N2CCCCC2)c1. The zero-order chi connectivity index (χ0) is 15.3. The van der Waals surface area contributed by atoms with Gasteiger partial charge >= 0.3 is 0 Å². The highest BCUT2D eigenvalue weighted by Crippen LogP contribution is 2.26. The Morgan fingerprint density at radius 3 is 2.62 bits per heavy atom. The van der Waals surface area contributed by atoms with Crippen LogP contribution in [0.15, 0.2) is 24.3 Å². The molecular formula is C17H29N3O. The Kier molecular flexibility index (Phi) is 5.62. The zero-order valence-corrected chi connectivity index (χ0v) is 13.6. The van der Waals surface area contributed by atoms with Crippen molar-refractivity contribution in [2.75, 3.05) is 20.2 Å². The molecule has 1 aromatic carbocycles. The summed E-state index contributed by atoms with van der Waals surface area (Å²) in [6.07, 6.45) is 4.83. The Morgan fingerprint density at radius 1 is 1.29 bits per heavy atom. The number of likely N-dealkylation sites (tertiary alicyclic amines) is 1. The highest BCUT2D eigenvalue weighted by Gasteiger charge is 2.35. The molecule has 4 heteroatoms. The van der Waals surface area contributed by atoms with Crippen LogP contribution in [0.2, 0.25) is 0 Å². The fourth-order valence-electron chi connectivity index (χ4n) is 3.24. The fourth-order valence-corrected chi connectivity index (χ4v) is 3.24. The van der Waals surface area contributed by atoms with Gasteiger partial charge in [-0.15, -0.1) is 0 Å². The van der Waals surface area contributed by atoms with Gasteiger partial charge in [0.15, 0.2) is 0 Å². The van der Waals surface area contributed by atoms with Crippen molar-refractivity contribution in [3.63, 3.8) is 0 Å². The van der Waals surface area contributed by atoms with Crippen molar-refractivity contribution in [2.45, 2.75) is 51.1 Å². The number of nitrogens with zero attached hydrogens (tertiary/aromatic N) is 1. The smallest absolute Gasteiger partial charge is 0.119 e. The first-order valence-electron chi connectivity index (χ1n) is 7.92. The van der Waals surface area contributed by atoms with Crippen LogP contribution in [-0.2, 0) is 6.42 Å². The minimum absolute atomic E-state index is 0.0399. The molecule has 1 aliphatic heterocycles. The van der Waals surface area contributed by atoms with Crippen LogP contribution in [-0.4, -0.2) is 36.7 Å². The molecule has 0 spiro atoms. The van der Waals surface area contributed by atoms with Gasteiger partial charge in [0.25, 0.3) is 0 Å². The van der Waals surface area contributed by atoms with Crippen LogP contribution in [0.4, 0.5) is 0 Å². The highest BCUT2D eigenvalue weighted by atomic mass is 16.5. The van der Waals surface area contributed by atoms with Crippen LogP contribution < -0.4 is 16.0 Å². The molecule has 118 valence electrons. The molecule has 0 bridgehead atoms. The molecule has 0 amide bonds. The predicted molar refractivity (Wildman–Crippen MR) is 87.3 cm³/mol. The van der Waals surface area contributed by atoms with Gasteiger partial charge in [0.05, 0.1) is 7.11 Å². The molecule has 3 N–H and O–H groups in total. The van der Waals surface area contributed by atoms with Crippen LogP contribution in [0.25, 0.3) is 0 Å². The quantitative estimate of drug-likeness (QED) is 0.624. The van der Waals surface area contributed by atoms with Crippen molar-refractivity contribution < 1.29 is 4.74 Å². The minimum Gasteiger partial charge on any atom is -0.497 e. The third-order valence-corrected chi connectivity index (χ3v) is 4.80. The van der Waals surface area contributed by atoms with E-state index in [4.69, 9.17) is 10.6 Å². The van der Waals surface area contributed by atoms with E-state index < -0.39 is 0 Å². The van der Waals surface area contributed by atoms with Gasteiger partial charge < -0.3 is 4.74 Å². The Hall–Kier alpha value is -1.10. The largest absolute Gasteiger partial charge is 0.497 e. The van der Waals surface area contributed by atoms with Gasteiger partial charge in [0.2, 0.25) is 0 Å². The number of nitrogens with one attached hydrogen (secondary N) is 1. The molecule has 0 saturated carbocycles. The van der Waals surface area contributed by atoms with E-state index in [1.807, 2.05) is 12.1 Å². The van der Waals surface area contributed by atoms with E-state index in [1.165, 1.54) is 37.9 Å². The molecule has 1 aliphatic rings. The summed E-state index contributed by atoms with van der Waals surface area (Å²) < 4.78 is 5.31. The van der Waals surface area contributed by atoms with E-state index in [1.54, 1.807) is 7.11 Å². The van der Waals surface area contributed by atoms with Crippen molar-refractivity contribution in [2.24, 2.45) is 5.84 Å². The number of hydrazine groups is 1. The second-order valence-electron chi connectivity index (χ2n) is 6.48. The lowest BCUT2D eigenvalue weighted by Crippen LogP contribution is -2.61. The third kappa shape index (κ3) is 3.96. The van der Waals surface area contributed by atoms with E-state index in [2.05, 4.69) is 36.3 Å². The van der Waals surface area contributed by atoms with E-state index in [0.29, 0.717) is 0 Å². The standard InChI is InChI=1S/C17H29N3O/c1-17(2,20-10-5-4-6-11-20)16(19-18)13-14-8-7-9-15(12-14)21-3/h7-9,12,16,19H,4-6,10-11,13,18H2,1-3H3. The van der Waals surface area contributed by atoms with Crippen LogP contribution >= 0.6 is 0 Å². The maximum Gasteiger partial charge on any atom is 0.119 e. The summed E-state index contributed by atoms with van der Waals surface area (Å²) in [5.41, 5.74) is 4.34. The van der Waals surface area contributed by atoms with Crippen molar-refractivity contribution in [3.8, 4) is 5.75 Å². The summed E-state index contributed by atoms with van der Waals surface area (Å²) in [6.45, 7) is 6.93. The molecule has 1 aromatic rings. The average molecular weight is 291 g/mol. The van der Waals surface area contributed by atoms with Gasteiger partial charge in [-0.2, -0.15) is 0 Å². The van der Waals surface area contributed by atoms with Gasteiger partial charge in [-0.05, 0) is 63.9 Å². The Labute approximate surface area is 128 Å². The molecule has 4 nitrogen and oxygen atoms in total. The van der Waals surface area contributed by atoms with Crippen molar-refractivity contribution >= 4 is 0 Å². The maximum absolute atomic E-state index is 5.88. The Bertz CT molecular complexity index is 441. The molecule has 1 unspecified atom stereocenters. The van der Waals surface area contributed by atoms with Gasteiger partial charge in [-0.25, -0.2) is 0 Å². The summed E-state index contributed by atoms with van der Waals surface area (Å²) in [6, 6.07) is 8.46. The van der Waals surface area contributed by atoms with Crippen LogP contribution in [0.3, 0.4) is 0 Å². The summed E-state index contributed by atoms with van der Waals surface area (Å²) in [5.74, 6) is 6.78. The molecule has 1 heterocycles. The Balaban J connectivity index is 2.10. The van der Waals surface area contributed by atoms with Crippen LogP contribution in [0.5, 0.6) is 5.75 Å². The number of nitrogens with two attached hydrogens (primary N) is 1. The predicted octanol–water partition coefficient (Wildman–Crippen LogP) is 2.33. The number of ether oxygens (including phenoxy) is 1. The topological polar surface area (TPSA) is 50.5 Å². The first-order chi connectivity index (χ1) is 10.1. The normalized spacial score (nSPS) is 18.5. The number of benzene rings is 1. The number of hydrogen-bond acceptors (Lipinski definition) is 4. The second-order valence-corrected chi connectivity index (χ2v) is 6.48. The zero-order valence-electron chi connectivity index (χ0n) is 13.6.